The molecule has 28 heavy (non-hydrogen) atoms. The molecule has 3 aliphatic rings. The molecular weight excluding hydrogens is 360 g/mol. The van der Waals surface area contributed by atoms with Crippen LogP contribution in [0.4, 0.5) is 4.79 Å². The molecule has 3 fully saturated rings. The van der Waals surface area contributed by atoms with Crippen molar-refractivity contribution in [2.45, 2.75) is 64.4 Å². The SMILES string of the molecule is COC(=O)CCN1CCN(C2OC(=O)N(C3CCN(C(C)C)CC3)C2C)CC1. The van der Waals surface area contributed by atoms with Gasteiger partial charge in [-0.15, -0.1) is 0 Å². The highest BCUT2D eigenvalue weighted by molar-refractivity contribution is 5.71. The monoisotopic (exact) mass is 396 g/mol. The van der Waals surface area contributed by atoms with E-state index >= 15 is 0 Å². The average Bonchev–Trinajstić information content (AvgIpc) is 3.00. The molecular formula is C20H36N4O4. The summed E-state index contributed by atoms with van der Waals surface area (Å²) in [7, 11) is 1.43. The van der Waals surface area contributed by atoms with E-state index in [0.717, 1.165) is 58.7 Å². The molecule has 0 aromatic carbocycles. The zero-order valence-corrected chi connectivity index (χ0v) is 17.8. The van der Waals surface area contributed by atoms with E-state index in [1.807, 2.05) is 4.90 Å². The molecule has 0 aromatic heterocycles. The molecule has 0 bridgehead atoms. The fourth-order valence-corrected chi connectivity index (χ4v) is 4.70. The number of amides is 1. The van der Waals surface area contributed by atoms with Crippen LogP contribution in [0.3, 0.4) is 0 Å². The lowest BCUT2D eigenvalue weighted by molar-refractivity contribution is -0.141. The lowest BCUT2D eigenvalue weighted by atomic mass is 10.0. The van der Waals surface area contributed by atoms with Crippen LogP contribution in [0.25, 0.3) is 0 Å². The first-order valence-corrected chi connectivity index (χ1v) is 10.7. The Bertz CT molecular complexity index is 542. The molecule has 0 aromatic rings. The first kappa shape index (κ1) is 21.3. The number of piperidine rings is 1. The fourth-order valence-electron chi connectivity index (χ4n) is 4.70. The van der Waals surface area contributed by atoms with Gasteiger partial charge in [-0.2, -0.15) is 0 Å². The van der Waals surface area contributed by atoms with Gasteiger partial charge in [-0.05, 0) is 33.6 Å². The minimum Gasteiger partial charge on any atom is -0.469 e. The molecule has 2 unspecified atom stereocenters. The van der Waals surface area contributed by atoms with Gasteiger partial charge >= 0.3 is 12.1 Å². The van der Waals surface area contributed by atoms with Crippen molar-refractivity contribution in [3.63, 3.8) is 0 Å². The van der Waals surface area contributed by atoms with E-state index in [2.05, 4.69) is 35.5 Å². The van der Waals surface area contributed by atoms with Crippen molar-refractivity contribution in [1.29, 1.82) is 0 Å². The molecule has 3 saturated heterocycles. The van der Waals surface area contributed by atoms with E-state index < -0.39 is 0 Å². The van der Waals surface area contributed by atoms with E-state index in [1.54, 1.807) is 0 Å². The van der Waals surface area contributed by atoms with Crippen molar-refractivity contribution in [3.8, 4) is 0 Å². The van der Waals surface area contributed by atoms with Crippen LogP contribution in [0.5, 0.6) is 0 Å². The van der Waals surface area contributed by atoms with Gasteiger partial charge in [0.2, 0.25) is 0 Å². The summed E-state index contributed by atoms with van der Waals surface area (Å²) in [6.45, 7) is 12.9. The van der Waals surface area contributed by atoms with Gasteiger partial charge in [0, 0.05) is 57.9 Å². The Morgan fingerprint density at radius 2 is 1.79 bits per heavy atom. The number of esters is 1. The number of hydrogen-bond donors (Lipinski definition) is 0. The van der Waals surface area contributed by atoms with E-state index in [9.17, 15) is 9.59 Å². The molecule has 2 atom stereocenters. The molecule has 8 heteroatoms. The van der Waals surface area contributed by atoms with Crippen LogP contribution >= 0.6 is 0 Å². The Morgan fingerprint density at radius 3 is 2.36 bits per heavy atom. The minimum absolute atomic E-state index is 0.0738. The molecule has 1 amide bonds. The summed E-state index contributed by atoms with van der Waals surface area (Å²) in [4.78, 5) is 33.0. The maximum Gasteiger partial charge on any atom is 0.412 e. The quantitative estimate of drug-likeness (QED) is 0.625. The van der Waals surface area contributed by atoms with Crippen molar-refractivity contribution in [1.82, 2.24) is 19.6 Å². The second-order valence-corrected chi connectivity index (χ2v) is 8.49. The topological polar surface area (TPSA) is 65.6 Å². The molecule has 3 aliphatic heterocycles. The molecule has 3 rings (SSSR count). The Hall–Kier alpha value is -1.38. The van der Waals surface area contributed by atoms with Gasteiger partial charge in [0.15, 0.2) is 6.23 Å². The predicted octanol–water partition coefficient (Wildman–Crippen LogP) is 1.21. The highest BCUT2D eigenvalue weighted by atomic mass is 16.6. The van der Waals surface area contributed by atoms with Crippen LogP contribution < -0.4 is 0 Å². The number of carbonyl (C=O) groups is 2. The van der Waals surface area contributed by atoms with Gasteiger partial charge < -0.3 is 19.3 Å². The first-order valence-electron chi connectivity index (χ1n) is 10.7. The maximum atomic E-state index is 12.6. The normalized spacial score (nSPS) is 28.8. The van der Waals surface area contributed by atoms with Crippen LogP contribution in [0.1, 0.15) is 40.0 Å². The molecule has 0 saturated carbocycles. The average molecular weight is 397 g/mol. The number of rotatable bonds is 6. The zero-order valence-electron chi connectivity index (χ0n) is 17.8. The lowest BCUT2D eigenvalue weighted by Crippen LogP contribution is -2.55. The molecule has 0 spiro atoms. The Balaban J connectivity index is 1.49. The number of likely N-dealkylation sites (tertiary alicyclic amines) is 1. The third-order valence-corrected chi connectivity index (χ3v) is 6.53. The van der Waals surface area contributed by atoms with Gasteiger partial charge in [0.05, 0.1) is 19.6 Å². The van der Waals surface area contributed by atoms with Crippen LogP contribution in [0.2, 0.25) is 0 Å². The first-order chi connectivity index (χ1) is 13.4. The van der Waals surface area contributed by atoms with Gasteiger partial charge in [-0.25, -0.2) is 4.79 Å². The van der Waals surface area contributed by atoms with Gasteiger partial charge in [-0.3, -0.25) is 14.6 Å². The molecule has 3 heterocycles. The molecule has 0 N–H and O–H groups in total. The Kier molecular flexibility index (Phi) is 7.17. The number of hydrogen-bond acceptors (Lipinski definition) is 7. The van der Waals surface area contributed by atoms with E-state index in [4.69, 9.17) is 9.47 Å². The minimum atomic E-state index is -0.168. The fraction of sp³-hybridized carbons (Fsp3) is 0.900. The highest BCUT2D eigenvalue weighted by Crippen LogP contribution is 2.29. The van der Waals surface area contributed by atoms with Crippen LogP contribution in [-0.4, -0.2) is 109 Å². The summed E-state index contributed by atoms with van der Waals surface area (Å²) < 4.78 is 10.5. The van der Waals surface area contributed by atoms with Crippen molar-refractivity contribution in [2.75, 3.05) is 52.9 Å². The zero-order chi connectivity index (χ0) is 20.3. The van der Waals surface area contributed by atoms with Gasteiger partial charge in [0.1, 0.15) is 0 Å². The van der Waals surface area contributed by atoms with E-state index in [-0.39, 0.29) is 30.4 Å². The van der Waals surface area contributed by atoms with E-state index in [1.165, 1.54) is 7.11 Å². The third-order valence-electron chi connectivity index (χ3n) is 6.53. The molecule has 0 aliphatic carbocycles. The third kappa shape index (κ3) is 4.78. The molecule has 0 radical (unpaired) electrons. The summed E-state index contributed by atoms with van der Waals surface area (Å²) in [6.07, 6.45) is 2.14. The number of nitrogens with zero attached hydrogens (tertiary/aromatic N) is 4. The standard InChI is InChI=1S/C20H36N4O4/c1-15(2)22-9-5-17(6-10-22)24-16(3)19(28-20(24)26)23-13-11-21(12-14-23)8-7-18(25)27-4/h15-17,19H,5-14H2,1-4H3. The summed E-state index contributed by atoms with van der Waals surface area (Å²) in [6, 6.07) is 0.917. The number of ether oxygens (including phenoxy) is 2. The maximum absolute atomic E-state index is 12.6. The van der Waals surface area contributed by atoms with Crippen molar-refractivity contribution in [2.24, 2.45) is 0 Å². The number of cyclic esters (lactones) is 1. The second-order valence-electron chi connectivity index (χ2n) is 8.49. The number of carbonyl (C=O) groups excluding carboxylic acids is 2. The lowest BCUT2D eigenvalue weighted by Gasteiger charge is -2.41. The molecule has 8 nitrogen and oxygen atoms in total. The van der Waals surface area contributed by atoms with Crippen molar-refractivity contribution >= 4 is 12.1 Å². The van der Waals surface area contributed by atoms with Crippen molar-refractivity contribution < 1.29 is 19.1 Å². The largest absolute Gasteiger partial charge is 0.469 e. The predicted molar refractivity (Wildman–Crippen MR) is 106 cm³/mol. The van der Waals surface area contributed by atoms with Crippen LogP contribution in [-0.2, 0) is 14.3 Å². The highest BCUT2D eigenvalue weighted by Gasteiger charge is 2.46. The summed E-state index contributed by atoms with van der Waals surface area (Å²) >= 11 is 0. The summed E-state index contributed by atoms with van der Waals surface area (Å²) in [5, 5.41) is 0. The van der Waals surface area contributed by atoms with Crippen molar-refractivity contribution in [3.05, 3.63) is 0 Å². The number of methoxy groups -OCH3 is 1. The summed E-state index contributed by atoms with van der Waals surface area (Å²) in [5.74, 6) is -0.167. The van der Waals surface area contributed by atoms with Gasteiger partial charge in [0.25, 0.3) is 0 Å². The smallest absolute Gasteiger partial charge is 0.412 e. The summed E-state index contributed by atoms with van der Waals surface area (Å²) in [5.41, 5.74) is 0. The Morgan fingerprint density at radius 1 is 1.14 bits per heavy atom. The van der Waals surface area contributed by atoms with Gasteiger partial charge in [-0.1, -0.05) is 0 Å². The Labute approximate surface area is 168 Å². The van der Waals surface area contributed by atoms with Crippen LogP contribution in [0, 0.1) is 0 Å². The second kappa shape index (κ2) is 9.41. The van der Waals surface area contributed by atoms with Crippen LogP contribution in [0.15, 0.2) is 0 Å². The number of piperazine rings is 1. The molecule has 160 valence electrons. The van der Waals surface area contributed by atoms with E-state index in [0.29, 0.717) is 12.5 Å².